The fourth-order valence-corrected chi connectivity index (χ4v) is 4.07. The maximum absolute atomic E-state index is 9.06. The van der Waals surface area contributed by atoms with E-state index in [1.165, 1.54) is 32.2 Å². The Bertz CT molecular complexity index is 335. The minimum absolute atomic E-state index is 0.604. The molecule has 0 aliphatic heterocycles. The molecule has 2 rings (SSSR count). The van der Waals surface area contributed by atoms with Gasteiger partial charge in [-0.2, -0.15) is 5.26 Å². The average Bonchev–Trinajstić information content (AvgIpc) is 3.00. The Labute approximate surface area is 118 Å². The lowest BCUT2D eigenvalue weighted by molar-refractivity contribution is 0.214. The van der Waals surface area contributed by atoms with E-state index in [9.17, 15) is 0 Å². The maximum Gasteiger partial charge on any atom is 0.104 e. The third kappa shape index (κ3) is 3.70. The van der Waals surface area contributed by atoms with Crippen LogP contribution in [-0.2, 0) is 0 Å². The van der Waals surface area contributed by atoms with Gasteiger partial charge < -0.3 is 10.6 Å². The zero-order valence-corrected chi connectivity index (χ0v) is 12.6. The molecule has 4 atom stereocenters. The number of nitrogens with two attached hydrogens (primary N) is 1. The van der Waals surface area contributed by atoms with Crippen LogP contribution in [0.5, 0.6) is 0 Å². The van der Waals surface area contributed by atoms with Gasteiger partial charge in [0.15, 0.2) is 0 Å². The highest BCUT2D eigenvalue weighted by atomic mass is 15.1. The predicted molar refractivity (Wildman–Crippen MR) is 78.5 cm³/mol. The number of rotatable bonds is 7. The standard InChI is InChI=1S/C16H29N3/c1-3-16(18,12-17)7-4-8-19(2)11-15-10-13-5-6-14(15)9-13/h13-15H,3-11,18H2,1-2H3. The van der Waals surface area contributed by atoms with Crippen molar-refractivity contribution in [2.75, 3.05) is 20.1 Å². The first kappa shape index (κ1) is 14.8. The Morgan fingerprint density at radius 3 is 2.68 bits per heavy atom. The molecule has 3 nitrogen and oxygen atoms in total. The van der Waals surface area contributed by atoms with Crippen molar-refractivity contribution in [2.45, 2.75) is 57.4 Å². The summed E-state index contributed by atoms with van der Waals surface area (Å²) >= 11 is 0. The van der Waals surface area contributed by atoms with Gasteiger partial charge in [0.2, 0.25) is 0 Å². The van der Waals surface area contributed by atoms with E-state index < -0.39 is 5.54 Å². The first-order valence-corrected chi connectivity index (χ1v) is 7.95. The van der Waals surface area contributed by atoms with Gasteiger partial charge in [-0.15, -0.1) is 0 Å². The molecular formula is C16H29N3. The molecule has 19 heavy (non-hydrogen) atoms. The van der Waals surface area contributed by atoms with Gasteiger partial charge in [-0.05, 0) is 69.9 Å². The van der Waals surface area contributed by atoms with E-state index in [-0.39, 0.29) is 0 Å². The lowest BCUT2D eigenvalue weighted by Crippen LogP contribution is -2.38. The topological polar surface area (TPSA) is 53.1 Å². The number of nitrogens with zero attached hydrogens (tertiary/aromatic N) is 2. The highest BCUT2D eigenvalue weighted by molar-refractivity contribution is 5.03. The van der Waals surface area contributed by atoms with Crippen LogP contribution in [0.15, 0.2) is 0 Å². The fourth-order valence-electron chi connectivity index (χ4n) is 4.07. The first-order valence-electron chi connectivity index (χ1n) is 7.95. The van der Waals surface area contributed by atoms with Crippen LogP contribution < -0.4 is 5.73 Å². The molecule has 0 aromatic rings. The Kier molecular flexibility index (Phi) is 4.86. The van der Waals surface area contributed by atoms with Crippen molar-refractivity contribution in [3.63, 3.8) is 0 Å². The molecule has 0 aromatic carbocycles. The monoisotopic (exact) mass is 263 g/mol. The lowest BCUT2D eigenvalue weighted by atomic mass is 9.88. The molecule has 2 aliphatic carbocycles. The molecule has 2 bridgehead atoms. The highest BCUT2D eigenvalue weighted by Crippen LogP contribution is 2.48. The van der Waals surface area contributed by atoms with Gasteiger partial charge in [-0.25, -0.2) is 0 Å². The second kappa shape index (κ2) is 6.24. The zero-order chi connectivity index (χ0) is 13.9. The molecule has 0 heterocycles. The van der Waals surface area contributed by atoms with E-state index in [0.29, 0.717) is 0 Å². The van der Waals surface area contributed by atoms with Crippen LogP contribution >= 0.6 is 0 Å². The molecule has 4 unspecified atom stereocenters. The van der Waals surface area contributed by atoms with Gasteiger partial charge in [-0.3, -0.25) is 0 Å². The molecule has 2 fully saturated rings. The molecule has 0 spiro atoms. The summed E-state index contributed by atoms with van der Waals surface area (Å²) < 4.78 is 0. The van der Waals surface area contributed by atoms with Crippen LogP contribution in [0, 0.1) is 29.1 Å². The molecule has 3 heteroatoms. The second-order valence-corrected chi connectivity index (χ2v) is 6.92. The summed E-state index contributed by atoms with van der Waals surface area (Å²) in [6.07, 6.45) is 8.52. The zero-order valence-electron chi connectivity index (χ0n) is 12.6. The third-order valence-corrected chi connectivity index (χ3v) is 5.45. The molecule has 2 aliphatic rings. The van der Waals surface area contributed by atoms with Gasteiger partial charge in [-0.1, -0.05) is 13.3 Å². The Morgan fingerprint density at radius 1 is 1.37 bits per heavy atom. The van der Waals surface area contributed by atoms with Crippen LogP contribution in [0.25, 0.3) is 0 Å². The van der Waals surface area contributed by atoms with E-state index in [2.05, 4.69) is 18.0 Å². The minimum Gasteiger partial charge on any atom is -0.313 e. The highest BCUT2D eigenvalue weighted by Gasteiger charge is 2.39. The van der Waals surface area contributed by atoms with Crippen molar-refractivity contribution in [1.29, 1.82) is 5.26 Å². The molecular weight excluding hydrogens is 234 g/mol. The van der Waals surface area contributed by atoms with Gasteiger partial charge in [0, 0.05) is 6.54 Å². The van der Waals surface area contributed by atoms with Gasteiger partial charge in [0.05, 0.1) is 6.07 Å². The average molecular weight is 263 g/mol. The molecule has 0 radical (unpaired) electrons. The quantitative estimate of drug-likeness (QED) is 0.768. The molecule has 108 valence electrons. The van der Waals surface area contributed by atoms with Crippen LogP contribution in [-0.4, -0.2) is 30.6 Å². The lowest BCUT2D eigenvalue weighted by Gasteiger charge is -2.28. The summed E-state index contributed by atoms with van der Waals surface area (Å²) in [5, 5.41) is 9.06. The number of fused-ring (bicyclic) bond motifs is 2. The largest absolute Gasteiger partial charge is 0.313 e. The fraction of sp³-hybridized carbons (Fsp3) is 0.938. The minimum atomic E-state index is -0.604. The Hall–Kier alpha value is -0.590. The van der Waals surface area contributed by atoms with E-state index in [1.807, 2.05) is 6.92 Å². The number of hydrogen-bond acceptors (Lipinski definition) is 3. The molecule has 0 saturated heterocycles. The van der Waals surface area contributed by atoms with Crippen molar-refractivity contribution in [3.05, 3.63) is 0 Å². The predicted octanol–water partition coefficient (Wildman–Crippen LogP) is 2.77. The Balaban J connectivity index is 1.65. The Morgan fingerprint density at radius 2 is 2.16 bits per heavy atom. The summed E-state index contributed by atoms with van der Waals surface area (Å²) in [6, 6.07) is 2.26. The summed E-state index contributed by atoms with van der Waals surface area (Å²) in [6.45, 7) is 4.33. The summed E-state index contributed by atoms with van der Waals surface area (Å²) in [5.41, 5.74) is 5.41. The smallest absolute Gasteiger partial charge is 0.104 e. The van der Waals surface area contributed by atoms with Crippen LogP contribution in [0.4, 0.5) is 0 Å². The van der Waals surface area contributed by atoms with Crippen molar-refractivity contribution in [2.24, 2.45) is 23.5 Å². The van der Waals surface area contributed by atoms with Crippen molar-refractivity contribution >= 4 is 0 Å². The van der Waals surface area contributed by atoms with E-state index in [0.717, 1.165) is 43.6 Å². The SMILES string of the molecule is CCC(N)(C#N)CCCN(C)CC1CC2CCC1C2. The van der Waals surface area contributed by atoms with E-state index in [1.54, 1.807) is 0 Å². The number of hydrogen-bond donors (Lipinski definition) is 1. The van der Waals surface area contributed by atoms with Crippen molar-refractivity contribution in [1.82, 2.24) is 4.90 Å². The van der Waals surface area contributed by atoms with Crippen molar-refractivity contribution in [3.8, 4) is 6.07 Å². The summed E-state index contributed by atoms with van der Waals surface area (Å²) in [5.74, 6) is 2.99. The van der Waals surface area contributed by atoms with E-state index in [4.69, 9.17) is 11.0 Å². The van der Waals surface area contributed by atoms with Gasteiger partial charge in [0.25, 0.3) is 0 Å². The van der Waals surface area contributed by atoms with Crippen LogP contribution in [0.2, 0.25) is 0 Å². The molecule has 0 amide bonds. The number of nitriles is 1. The van der Waals surface area contributed by atoms with E-state index >= 15 is 0 Å². The molecule has 0 aromatic heterocycles. The first-order chi connectivity index (χ1) is 9.06. The normalized spacial score (nSPS) is 32.5. The van der Waals surface area contributed by atoms with Gasteiger partial charge in [0.1, 0.15) is 5.54 Å². The van der Waals surface area contributed by atoms with Crippen LogP contribution in [0.1, 0.15) is 51.9 Å². The van der Waals surface area contributed by atoms with Crippen LogP contribution in [0.3, 0.4) is 0 Å². The molecule has 2 N–H and O–H groups in total. The third-order valence-electron chi connectivity index (χ3n) is 5.45. The summed E-state index contributed by atoms with van der Waals surface area (Å²) in [7, 11) is 2.22. The van der Waals surface area contributed by atoms with Crippen molar-refractivity contribution < 1.29 is 0 Å². The summed E-state index contributed by atoms with van der Waals surface area (Å²) in [4.78, 5) is 2.46. The second-order valence-electron chi connectivity index (χ2n) is 6.92. The molecule has 2 saturated carbocycles. The maximum atomic E-state index is 9.06. The van der Waals surface area contributed by atoms with Gasteiger partial charge >= 0.3 is 0 Å².